The smallest absolute Gasteiger partial charge is 0.227 e. The van der Waals surface area contributed by atoms with Crippen LogP contribution in [0.3, 0.4) is 0 Å². The highest BCUT2D eigenvalue weighted by atomic mass is 35.5. The highest BCUT2D eigenvalue weighted by Crippen LogP contribution is 2.38. The van der Waals surface area contributed by atoms with Crippen LogP contribution < -0.4 is 15.2 Å². The van der Waals surface area contributed by atoms with Crippen LogP contribution in [0.1, 0.15) is 31.7 Å². The number of fused-ring (bicyclic) bond motifs is 1. The van der Waals surface area contributed by atoms with Crippen molar-refractivity contribution in [3.63, 3.8) is 0 Å². The second kappa shape index (κ2) is 7.52. The lowest BCUT2D eigenvalue weighted by molar-refractivity contribution is -0.136. The largest absolute Gasteiger partial charge is 0.489 e. The molecule has 0 bridgehead atoms. The van der Waals surface area contributed by atoms with Crippen molar-refractivity contribution in [2.45, 2.75) is 38.6 Å². The molecule has 2 heterocycles. The third-order valence-electron chi connectivity index (χ3n) is 4.82. The van der Waals surface area contributed by atoms with E-state index >= 15 is 0 Å². The Bertz CT molecular complexity index is 679. The van der Waals surface area contributed by atoms with E-state index in [1.807, 2.05) is 13.0 Å². The van der Waals surface area contributed by atoms with Crippen LogP contribution in [-0.4, -0.2) is 42.5 Å². The fraction of sp³-hybridized carbons (Fsp3) is 0.556. The third kappa shape index (κ3) is 4.00. The number of primary amides is 1. The van der Waals surface area contributed by atoms with E-state index in [0.29, 0.717) is 36.3 Å². The zero-order valence-corrected chi connectivity index (χ0v) is 15.1. The molecule has 1 aromatic rings. The summed E-state index contributed by atoms with van der Waals surface area (Å²) in [4.78, 5) is 26.0. The minimum Gasteiger partial charge on any atom is -0.489 e. The molecule has 1 aromatic carbocycles. The van der Waals surface area contributed by atoms with E-state index in [4.69, 9.17) is 26.8 Å². The first kappa shape index (κ1) is 17.9. The molecular formula is C18H23ClN2O4. The van der Waals surface area contributed by atoms with E-state index in [2.05, 4.69) is 0 Å². The molecule has 2 N–H and O–H groups in total. The molecule has 0 aromatic heterocycles. The average molecular weight is 367 g/mol. The molecule has 2 aliphatic heterocycles. The monoisotopic (exact) mass is 366 g/mol. The molecule has 2 amide bonds. The predicted molar refractivity (Wildman–Crippen MR) is 93.9 cm³/mol. The molecule has 0 saturated carbocycles. The van der Waals surface area contributed by atoms with Crippen molar-refractivity contribution in [1.82, 2.24) is 4.90 Å². The number of halogens is 1. The Balaban J connectivity index is 1.75. The Morgan fingerprint density at radius 2 is 2.04 bits per heavy atom. The summed E-state index contributed by atoms with van der Waals surface area (Å²) in [7, 11) is 0. The van der Waals surface area contributed by atoms with Crippen molar-refractivity contribution in [2.24, 2.45) is 11.7 Å². The van der Waals surface area contributed by atoms with Crippen LogP contribution in [0, 0.1) is 5.92 Å². The van der Waals surface area contributed by atoms with Crippen LogP contribution in [0.4, 0.5) is 0 Å². The van der Waals surface area contributed by atoms with Gasteiger partial charge < -0.3 is 20.1 Å². The van der Waals surface area contributed by atoms with E-state index in [9.17, 15) is 9.59 Å². The van der Waals surface area contributed by atoms with Crippen LogP contribution in [0.15, 0.2) is 12.1 Å². The first-order valence-electron chi connectivity index (χ1n) is 8.62. The molecule has 25 heavy (non-hydrogen) atoms. The van der Waals surface area contributed by atoms with Gasteiger partial charge >= 0.3 is 0 Å². The maximum Gasteiger partial charge on any atom is 0.227 e. The lowest BCUT2D eigenvalue weighted by atomic mass is 9.92. The quantitative estimate of drug-likeness (QED) is 0.888. The molecule has 2 unspecified atom stereocenters. The highest BCUT2D eigenvalue weighted by molar-refractivity contribution is 6.32. The van der Waals surface area contributed by atoms with Gasteiger partial charge in [-0.1, -0.05) is 11.6 Å². The summed E-state index contributed by atoms with van der Waals surface area (Å²) in [5.74, 6) is 0.463. The number of likely N-dealkylation sites (tertiary alicyclic amines) is 1. The first-order chi connectivity index (χ1) is 12.0. The Morgan fingerprint density at radius 3 is 2.80 bits per heavy atom. The SMILES string of the molecule is CC1CCC(C(N)=O)CN1C(=O)Cc1cc(Cl)c2c(c1)OCCCO2. The Kier molecular flexibility index (Phi) is 5.37. The molecule has 2 atom stereocenters. The van der Waals surface area contributed by atoms with Crippen molar-refractivity contribution >= 4 is 23.4 Å². The van der Waals surface area contributed by atoms with Gasteiger partial charge in [0.15, 0.2) is 11.5 Å². The number of hydrogen-bond donors (Lipinski definition) is 1. The zero-order valence-electron chi connectivity index (χ0n) is 14.3. The van der Waals surface area contributed by atoms with Gasteiger partial charge in [0.1, 0.15) is 0 Å². The number of piperidine rings is 1. The van der Waals surface area contributed by atoms with E-state index in [-0.39, 0.29) is 30.2 Å². The summed E-state index contributed by atoms with van der Waals surface area (Å²) in [6.45, 7) is 3.50. The van der Waals surface area contributed by atoms with Gasteiger partial charge in [-0.2, -0.15) is 0 Å². The fourth-order valence-corrected chi connectivity index (χ4v) is 3.64. The second-order valence-corrected chi connectivity index (χ2v) is 7.11. The molecule has 1 fully saturated rings. The van der Waals surface area contributed by atoms with Crippen LogP contribution in [0.25, 0.3) is 0 Å². The van der Waals surface area contributed by atoms with Gasteiger partial charge in [0.25, 0.3) is 0 Å². The summed E-state index contributed by atoms with van der Waals surface area (Å²) < 4.78 is 11.3. The molecule has 0 aliphatic carbocycles. The molecule has 3 rings (SSSR count). The third-order valence-corrected chi connectivity index (χ3v) is 5.10. The van der Waals surface area contributed by atoms with Crippen molar-refractivity contribution in [2.75, 3.05) is 19.8 Å². The standard InChI is InChI=1S/C18H23ClN2O4/c1-11-3-4-13(18(20)23)10-21(11)16(22)9-12-7-14(19)17-15(8-12)24-5-2-6-25-17/h7-8,11,13H,2-6,9-10H2,1H3,(H2,20,23). The van der Waals surface area contributed by atoms with E-state index < -0.39 is 0 Å². The summed E-state index contributed by atoms with van der Waals surface area (Å²) in [6.07, 6.45) is 2.50. The van der Waals surface area contributed by atoms with Crippen LogP contribution >= 0.6 is 11.6 Å². The summed E-state index contributed by atoms with van der Waals surface area (Å²) >= 11 is 6.29. The molecule has 136 valence electrons. The number of hydrogen-bond acceptors (Lipinski definition) is 4. The van der Waals surface area contributed by atoms with E-state index in [0.717, 1.165) is 24.8 Å². The van der Waals surface area contributed by atoms with Gasteiger partial charge in [-0.3, -0.25) is 9.59 Å². The average Bonchev–Trinajstić information content (AvgIpc) is 2.80. The molecule has 0 spiro atoms. The molecule has 1 saturated heterocycles. The number of nitrogens with two attached hydrogens (primary N) is 1. The number of carbonyl (C=O) groups is 2. The number of benzene rings is 1. The van der Waals surface area contributed by atoms with Crippen molar-refractivity contribution in [3.8, 4) is 11.5 Å². The molecule has 7 heteroatoms. The highest BCUT2D eigenvalue weighted by Gasteiger charge is 2.31. The number of carbonyl (C=O) groups excluding carboxylic acids is 2. The number of amides is 2. The van der Waals surface area contributed by atoms with Crippen molar-refractivity contribution < 1.29 is 19.1 Å². The minimum absolute atomic E-state index is 0.0380. The van der Waals surface area contributed by atoms with Gasteiger partial charge in [-0.25, -0.2) is 0 Å². The first-order valence-corrected chi connectivity index (χ1v) is 9.00. The van der Waals surface area contributed by atoms with Gasteiger partial charge in [0, 0.05) is 19.0 Å². The van der Waals surface area contributed by atoms with Crippen molar-refractivity contribution in [1.29, 1.82) is 0 Å². The van der Waals surface area contributed by atoms with E-state index in [1.54, 1.807) is 11.0 Å². The number of nitrogens with zero attached hydrogens (tertiary/aromatic N) is 1. The Labute approximate surface area is 152 Å². The van der Waals surface area contributed by atoms with Gasteiger partial charge in [-0.05, 0) is 37.5 Å². The topological polar surface area (TPSA) is 81.9 Å². The van der Waals surface area contributed by atoms with E-state index in [1.165, 1.54) is 0 Å². The van der Waals surface area contributed by atoms with Gasteiger partial charge in [0.2, 0.25) is 11.8 Å². The second-order valence-electron chi connectivity index (χ2n) is 6.70. The molecule has 6 nitrogen and oxygen atoms in total. The minimum atomic E-state index is -0.344. The fourth-order valence-electron chi connectivity index (χ4n) is 3.35. The lowest BCUT2D eigenvalue weighted by Crippen LogP contribution is -2.49. The Morgan fingerprint density at radius 1 is 1.28 bits per heavy atom. The summed E-state index contributed by atoms with van der Waals surface area (Å²) in [5.41, 5.74) is 6.18. The normalized spacial score (nSPS) is 23.0. The van der Waals surface area contributed by atoms with Crippen molar-refractivity contribution in [3.05, 3.63) is 22.7 Å². The number of rotatable bonds is 3. The van der Waals surface area contributed by atoms with Gasteiger partial charge in [-0.15, -0.1) is 0 Å². The maximum absolute atomic E-state index is 12.8. The number of ether oxygens (including phenoxy) is 2. The molecule has 2 aliphatic rings. The van der Waals surface area contributed by atoms with Crippen LogP contribution in [0.5, 0.6) is 11.5 Å². The van der Waals surface area contributed by atoms with Crippen LogP contribution in [0.2, 0.25) is 5.02 Å². The summed E-state index contributed by atoms with van der Waals surface area (Å²) in [6, 6.07) is 3.65. The Hall–Kier alpha value is -1.95. The van der Waals surface area contributed by atoms with Crippen LogP contribution in [-0.2, 0) is 16.0 Å². The summed E-state index contributed by atoms with van der Waals surface area (Å²) in [5, 5.41) is 0.448. The molecular weight excluding hydrogens is 344 g/mol. The lowest BCUT2D eigenvalue weighted by Gasteiger charge is -2.37. The van der Waals surface area contributed by atoms with Gasteiger partial charge in [0.05, 0.1) is 30.6 Å². The molecule has 0 radical (unpaired) electrons. The predicted octanol–water partition coefficient (Wildman–Crippen LogP) is 2.16. The zero-order chi connectivity index (χ0) is 18.0. The maximum atomic E-state index is 12.8.